The molecule has 2 unspecified atom stereocenters. The van der Waals surface area contributed by atoms with Crippen molar-refractivity contribution in [3.05, 3.63) is 0 Å². The van der Waals surface area contributed by atoms with Gasteiger partial charge < -0.3 is 10.5 Å². The van der Waals surface area contributed by atoms with Crippen LogP contribution < -0.4 is 5.73 Å². The zero-order valence-corrected chi connectivity index (χ0v) is 9.87. The average Bonchev–Trinajstić information content (AvgIpc) is 2.30. The van der Waals surface area contributed by atoms with Crippen LogP contribution in [-0.4, -0.2) is 43.3 Å². The zero-order valence-electron chi connectivity index (χ0n) is 9.87. The molecule has 0 saturated carbocycles. The molecular weight excluding hydrogens is 188 g/mol. The summed E-state index contributed by atoms with van der Waals surface area (Å²) in [5.74, 6) is 0.823. The lowest BCUT2D eigenvalue weighted by molar-refractivity contribution is -0.0585. The smallest absolute Gasteiger partial charge is 0.0662 e. The highest BCUT2D eigenvalue weighted by Crippen LogP contribution is 2.29. The van der Waals surface area contributed by atoms with E-state index in [0.29, 0.717) is 0 Å². The summed E-state index contributed by atoms with van der Waals surface area (Å²) >= 11 is 0. The Balaban J connectivity index is 2.03. The Morgan fingerprint density at radius 3 is 2.93 bits per heavy atom. The fraction of sp³-hybridized carbons (Fsp3) is 1.00. The summed E-state index contributed by atoms with van der Waals surface area (Å²) in [6.45, 7) is 7.28. The Kier molecular flexibility index (Phi) is 3.65. The maximum atomic E-state index is 5.99. The van der Waals surface area contributed by atoms with E-state index in [2.05, 4.69) is 11.8 Å². The van der Waals surface area contributed by atoms with Crippen molar-refractivity contribution in [1.29, 1.82) is 0 Å². The normalized spacial score (nSPS) is 39.2. The van der Waals surface area contributed by atoms with Gasteiger partial charge in [-0.1, -0.05) is 6.92 Å². The fourth-order valence-corrected chi connectivity index (χ4v) is 3.00. The highest BCUT2D eigenvalue weighted by atomic mass is 16.5. The van der Waals surface area contributed by atoms with Gasteiger partial charge in [0.1, 0.15) is 0 Å². The molecule has 0 bridgehead atoms. The van der Waals surface area contributed by atoms with Gasteiger partial charge in [0.2, 0.25) is 0 Å². The first kappa shape index (κ1) is 11.4. The molecule has 2 atom stereocenters. The first-order valence-electron chi connectivity index (χ1n) is 6.30. The molecule has 2 rings (SSSR count). The third-order valence-corrected chi connectivity index (χ3v) is 4.01. The molecular formula is C12H24N2O. The summed E-state index contributed by atoms with van der Waals surface area (Å²) in [6.07, 6.45) is 5.08. The molecule has 0 amide bonds. The zero-order chi connectivity index (χ0) is 10.7. The molecule has 2 N–H and O–H groups in total. The lowest BCUT2D eigenvalue weighted by Gasteiger charge is -2.48. The molecule has 0 aromatic rings. The van der Waals surface area contributed by atoms with E-state index < -0.39 is 0 Å². The summed E-state index contributed by atoms with van der Waals surface area (Å²) in [5.41, 5.74) is 6.15. The summed E-state index contributed by atoms with van der Waals surface area (Å²) in [6, 6.07) is 0. The summed E-state index contributed by atoms with van der Waals surface area (Å²) < 4.78 is 5.64. The van der Waals surface area contributed by atoms with Crippen molar-refractivity contribution in [2.45, 2.75) is 38.1 Å². The number of nitrogens with zero attached hydrogens (tertiary/aromatic N) is 1. The van der Waals surface area contributed by atoms with Crippen LogP contribution in [-0.2, 0) is 4.74 Å². The van der Waals surface area contributed by atoms with E-state index in [-0.39, 0.29) is 5.54 Å². The molecule has 88 valence electrons. The molecule has 2 aliphatic rings. The van der Waals surface area contributed by atoms with Crippen molar-refractivity contribution in [2.75, 3.05) is 32.8 Å². The van der Waals surface area contributed by atoms with Crippen molar-refractivity contribution >= 4 is 0 Å². The third-order valence-electron chi connectivity index (χ3n) is 4.01. The van der Waals surface area contributed by atoms with E-state index in [0.717, 1.165) is 25.7 Å². The van der Waals surface area contributed by atoms with Crippen molar-refractivity contribution in [3.63, 3.8) is 0 Å². The van der Waals surface area contributed by atoms with E-state index >= 15 is 0 Å². The van der Waals surface area contributed by atoms with Gasteiger partial charge in [0, 0.05) is 19.7 Å². The topological polar surface area (TPSA) is 38.5 Å². The Morgan fingerprint density at radius 2 is 2.33 bits per heavy atom. The summed E-state index contributed by atoms with van der Waals surface area (Å²) in [7, 11) is 0. The maximum Gasteiger partial charge on any atom is 0.0662 e. The molecule has 0 aromatic heterocycles. The minimum atomic E-state index is 0.160. The minimum absolute atomic E-state index is 0.160. The van der Waals surface area contributed by atoms with Crippen LogP contribution in [0.4, 0.5) is 0 Å². The van der Waals surface area contributed by atoms with Gasteiger partial charge in [-0.3, -0.25) is 4.90 Å². The number of ether oxygens (including phenoxy) is 1. The van der Waals surface area contributed by atoms with Crippen LogP contribution in [0, 0.1) is 5.92 Å². The Hall–Kier alpha value is -0.120. The van der Waals surface area contributed by atoms with Crippen molar-refractivity contribution in [1.82, 2.24) is 4.90 Å². The Bertz CT molecular complexity index is 202. The molecule has 2 fully saturated rings. The maximum absolute atomic E-state index is 5.99. The van der Waals surface area contributed by atoms with Gasteiger partial charge in [-0.05, 0) is 38.1 Å². The predicted molar refractivity (Wildman–Crippen MR) is 61.8 cm³/mol. The fourth-order valence-electron chi connectivity index (χ4n) is 3.00. The van der Waals surface area contributed by atoms with E-state index in [4.69, 9.17) is 10.5 Å². The number of hydrogen-bond acceptors (Lipinski definition) is 3. The van der Waals surface area contributed by atoms with Crippen LogP contribution >= 0.6 is 0 Å². The second-order valence-electron chi connectivity index (χ2n) is 5.28. The van der Waals surface area contributed by atoms with Gasteiger partial charge in [0.05, 0.1) is 12.1 Å². The Labute approximate surface area is 93.0 Å². The highest BCUT2D eigenvalue weighted by molar-refractivity contribution is 4.95. The predicted octanol–water partition coefficient (Wildman–Crippen LogP) is 1.23. The van der Waals surface area contributed by atoms with Gasteiger partial charge in [0.15, 0.2) is 0 Å². The van der Waals surface area contributed by atoms with Crippen molar-refractivity contribution < 1.29 is 4.74 Å². The lowest BCUT2D eigenvalue weighted by Crippen LogP contribution is -2.60. The monoisotopic (exact) mass is 212 g/mol. The molecule has 0 aromatic carbocycles. The lowest BCUT2D eigenvalue weighted by atomic mass is 9.86. The highest BCUT2D eigenvalue weighted by Gasteiger charge is 2.38. The van der Waals surface area contributed by atoms with Crippen LogP contribution in [0.3, 0.4) is 0 Å². The van der Waals surface area contributed by atoms with E-state index in [1.807, 2.05) is 0 Å². The van der Waals surface area contributed by atoms with Gasteiger partial charge in [0.25, 0.3) is 0 Å². The molecule has 2 saturated heterocycles. The summed E-state index contributed by atoms with van der Waals surface area (Å²) in [4.78, 5) is 2.60. The molecule has 2 aliphatic heterocycles. The largest absolute Gasteiger partial charge is 0.379 e. The van der Waals surface area contributed by atoms with Gasteiger partial charge in [-0.25, -0.2) is 0 Å². The molecule has 15 heavy (non-hydrogen) atoms. The van der Waals surface area contributed by atoms with Crippen LogP contribution in [0.25, 0.3) is 0 Å². The van der Waals surface area contributed by atoms with Crippen LogP contribution in [0.15, 0.2) is 0 Å². The number of hydrogen-bond donors (Lipinski definition) is 1. The van der Waals surface area contributed by atoms with Crippen LogP contribution in [0.2, 0.25) is 0 Å². The number of rotatable bonds is 2. The molecule has 0 aliphatic carbocycles. The van der Waals surface area contributed by atoms with Crippen LogP contribution in [0.5, 0.6) is 0 Å². The second-order valence-corrected chi connectivity index (χ2v) is 5.28. The summed E-state index contributed by atoms with van der Waals surface area (Å²) in [5, 5.41) is 0. The van der Waals surface area contributed by atoms with E-state index in [9.17, 15) is 0 Å². The van der Waals surface area contributed by atoms with Gasteiger partial charge >= 0.3 is 0 Å². The Morgan fingerprint density at radius 1 is 1.47 bits per heavy atom. The standard InChI is InChI=1S/C12H24N2O/c1-11-4-2-6-14(8-11)12(9-13)5-3-7-15-10-12/h11H,2-10,13H2,1H3. The quantitative estimate of drug-likeness (QED) is 0.748. The second kappa shape index (κ2) is 4.81. The van der Waals surface area contributed by atoms with Crippen LogP contribution in [0.1, 0.15) is 32.6 Å². The number of piperidine rings is 1. The average molecular weight is 212 g/mol. The van der Waals surface area contributed by atoms with Crippen molar-refractivity contribution in [2.24, 2.45) is 11.7 Å². The van der Waals surface area contributed by atoms with Gasteiger partial charge in [-0.2, -0.15) is 0 Å². The number of likely N-dealkylation sites (tertiary alicyclic amines) is 1. The first-order chi connectivity index (χ1) is 7.27. The SMILES string of the molecule is CC1CCCN(C2(CN)CCCOC2)C1. The third kappa shape index (κ3) is 2.35. The van der Waals surface area contributed by atoms with Crippen molar-refractivity contribution in [3.8, 4) is 0 Å². The van der Waals surface area contributed by atoms with E-state index in [1.54, 1.807) is 0 Å². The van der Waals surface area contributed by atoms with E-state index in [1.165, 1.54) is 38.8 Å². The first-order valence-corrected chi connectivity index (χ1v) is 6.30. The van der Waals surface area contributed by atoms with Gasteiger partial charge in [-0.15, -0.1) is 0 Å². The molecule has 0 spiro atoms. The number of nitrogens with two attached hydrogens (primary N) is 1. The molecule has 0 radical (unpaired) electrons. The molecule has 2 heterocycles. The molecule has 3 heteroatoms. The molecule has 3 nitrogen and oxygen atoms in total. The minimum Gasteiger partial charge on any atom is -0.379 e.